The fourth-order valence-corrected chi connectivity index (χ4v) is 1.32. The Morgan fingerprint density at radius 2 is 2.00 bits per heavy atom. The van der Waals surface area contributed by atoms with Gasteiger partial charge in [-0.25, -0.2) is 0 Å². The standard InChI is InChI=1S/C9H18F3NO/c1-3-13-8(5-4-6-14-2)7-9(10,11)12/h8,13H,3-7H2,1-2H3. The lowest BCUT2D eigenvalue weighted by molar-refractivity contribution is -0.140. The van der Waals surface area contributed by atoms with Gasteiger partial charge in [0.05, 0.1) is 6.42 Å². The van der Waals surface area contributed by atoms with Crippen molar-refractivity contribution in [3.8, 4) is 0 Å². The average Bonchev–Trinajstić information content (AvgIpc) is 2.02. The molecule has 1 atom stereocenters. The second-order valence-corrected chi connectivity index (χ2v) is 3.21. The Morgan fingerprint density at radius 1 is 1.36 bits per heavy atom. The van der Waals surface area contributed by atoms with Crippen molar-refractivity contribution in [2.75, 3.05) is 20.3 Å². The number of nitrogens with one attached hydrogen (secondary N) is 1. The van der Waals surface area contributed by atoms with Crippen molar-refractivity contribution >= 4 is 0 Å². The van der Waals surface area contributed by atoms with Crippen LogP contribution in [0, 0.1) is 0 Å². The van der Waals surface area contributed by atoms with Crippen LogP contribution in [0.1, 0.15) is 26.2 Å². The minimum absolute atomic E-state index is 0.477. The maximum Gasteiger partial charge on any atom is 0.390 e. The highest BCUT2D eigenvalue weighted by Gasteiger charge is 2.31. The van der Waals surface area contributed by atoms with E-state index in [0.717, 1.165) is 0 Å². The molecule has 1 N–H and O–H groups in total. The van der Waals surface area contributed by atoms with Gasteiger partial charge in [-0.3, -0.25) is 0 Å². The van der Waals surface area contributed by atoms with Crippen LogP contribution in [-0.2, 0) is 4.74 Å². The SMILES string of the molecule is CCNC(CCCOC)CC(F)(F)F. The topological polar surface area (TPSA) is 21.3 Å². The van der Waals surface area contributed by atoms with Crippen LogP contribution in [0.4, 0.5) is 13.2 Å². The molecular weight excluding hydrogens is 195 g/mol. The number of rotatable bonds is 7. The molecule has 0 aliphatic rings. The minimum Gasteiger partial charge on any atom is -0.385 e. The molecule has 0 aliphatic carbocycles. The molecule has 0 heterocycles. The molecular formula is C9H18F3NO. The van der Waals surface area contributed by atoms with Gasteiger partial charge in [0.2, 0.25) is 0 Å². The van der Waals surface area contributed by atoms with Crippen LogP contribution in [0.15, 0.2) is 0 Å². The predicted octanol–water partition coefficient (Wildman–Crippen LogP) is 2.34. The zero-order valence-electron chi connectivity index (χ0n) is 8.66. The molecule has 5 heteroatoms. The lowest BCUT2D eigenvalue weighted by Crippen LogP contribution is -2.33. The quantitative estimate of drug-likeness (QED) is 0.655. The normalized spacial score (nSPS) is 14.4. The first kappa shape index (κ1) is 13.7. The van der Waals surface area contributed by atoms with Gasteiger partial charge < -0.3 is 10.1 Å². The lowest BCUT2D eigenvalue weighted by Gasteiger charge is -2.19. The van der Waals surface area contributed by atoms with Crippen molar-refractivity contribution in [1.82, 2.24) is 5.32 Å². The molecule has 0 aromatic rings. The molecule has 0 fully saturated rings. The van der Waals surface area contributed by atoms with E-state index in [-0.39, 0.29) is 0 Å². The number of hydrogen-bond acceptors (Lipinski definition) is 2. The van der Waals surface area contributed by atoms with Gasteiger partial charge in [0.15, 0.2) is 0 Å². The van der Waals surface area contributed by atoms with E-state index >= 15 is 0 Å². The molecule has 0 aromatic heterocycles. The second-order valence-electron chi connectivity index (χ2n) is 3.21. The Labute approximate surface area is 82.8 Å². The van der Waals surface area contributed by atoms with Gasteiger partial charge in [0, 0.05) is 19.8 Å². The van der Waals surface area contributed by atoms with Gasteiger partial charge in [-0.05, 0) is 19.4 Å². The highest BCUT2D eigenvalue weighted by Crippen LogP contribution is 2.23. The molecule has 0 aliphatic heterocycles. The second kappa shape index (κ2) is 7.06. The highest BCUT2D eigenvalue weighted by molar-refractivity contribution is 4.70. The van der Waals surface area contributed by atoms with Crippen LogP contribution in [0.2, 0.25) is 0 Å². The number of methoxy groups -OCH3 is 1. The maximum atomic E-state index is 12.1. The summed E-state index contributed by atoms with van der Waals surface area (Å²) >= 11 is 0. The van der Waals surface area contributed by atoms with Crippen molar-refractivity contribution in [2.24, 2.45) is 0 Å². The van der Waals surface area contributed by atoms with Crippen LogP contribution in [0.25, 0.3) is 0 Å². The van der Waals surface area contributed by atoms with Crippen LogP contribution in [0.5, 0.6) is 0 Å². The Hall–Kier alpha value is -0.290. The first-order chi connectivity index (χ1) is 6.49. The van der Waals surface area contributed by atoms with E-state index < -0.39 is 18.6 Å². The summed E-state index contributed by atoms with van der Waals surface area (Å²) in [4.78, 5) is 0. The summed E-state index contributed by atoms with van der Waals surface area (Å²) in [6.45, 7) is 2.88. The Morgan fingerprint density at radius 3 is 2.43 bits per heavy atom. The number of ether oxygens (including phenoxy) is 1. The van der Waals surface area contributed by atoms with Gasteiger partial charge in [0.1, 0.15) is 0 Å². The third-order valence-electron chi connectivity index (χ3n) is 1.87. The monoisotopic (exact) mass is 213 g/mol. The molecule has 14 heavy (non-hydrogen) atoms. The molecule has 0 radical (unpaired) electrons. The van der Waals surface area contributed by atoms with Gasteiger partial charge in [-0.2, -0.15) is 13.2 Å². The molecule has 0 spiro atoms. The summed E-state index contributed by atoms with van der Waals surface area (Å²) < 4.78 is 41.0. The fourth-order valence-electron chi connectivity index (χ4n) is 1.32. The van der Waals surface area contributed by atoms with E-state index in [0.29, 0.717) is 26.0 Å². The molecule has 0 saturated heterocycles. The first-order valence-electron chi connectivity index (χ1n) is 4.78. The zero-order chi connectivity index (χ0) is 11.0. The third-order valence-corrected chi connectivity index (χ3v) is 1.87. The Balaban J connectivity index is 3.77. The molecule has 0 aromatic carbocycles. The van der Waals surface area contributed by atoms with E-state index in [4.69, 9.17) is 4.74 Å². The van der Waals surface area contributed by atoms with Crippen LogP contribution >= 0.6 is 0 Å². The smallest absolute Gasteiger partial charge is 0.385 e. The Bertz CT molecular complexity index is 139. The van der Waals surface area contributed by atoms with Gasteiger partial charge in [-0.15, -0.1) is 0 Å². The maximum absolute atomic E-state index is 12.1. The number of halogens is 3. The minimum atomic E-state index is -4.08. The number of hydrogen-bond donors (Lipinski definition) is 1. The summed E-state index contributed by atoms with van der Waals surface area (Å²) in [6, 6.07) is -0.477. The molecule has 0 amide bonds. The van der Waals surface area contributed by atoms with Crippen molar-refractivity contribution < 1.29 is 17.9 Å². The molecule has 0 saturated carbocycles. The summed E-state index contributed by atoms with van der Waals surface area (Å²) in [7, 11) is 1.55. The van der Waals surface area contributed by atoms with Crippen LogP contribution in [0.3, 0.4) is 0 Å². The van der Waals surface area contributed by atoms with Crippen LogP contribution < -0.4 is 5.32 Å². The third kappa shape index (κ3) is 8.31. The van der Waals surface area contributed by atoms with E-state index in [1.807, 2.05) is 0 Å². The molecule has 86 valence electrons. The van der Waals surface area contributed by atoms with E-state index in [9.17, 15) is 13.2 Å². The molecule has 2 nitrogen and oxygen atoms in total. The number of alkyl halides is 3. The largest absolute Gasteiger partial charge is 0.390 e. The van der Waals surface area contributed by atoms with Gasteiger partial charge >= 0.3 is 6.18 Å². The van der Waals surface area contributed by atoms with Crippen molar-refractivity contribution in [2.45, 2.75) is 38.4 Å². The molecule has 0 bridgehead atoms. The van der Waals surface area contributed by atoms with Crippen molar-refractivity contribution in [3.63, 3.8) is 0 Å². The van der Waals surface area contributed by atoms with Crippen molar-refractivity contribution in [3.05, 3.63) is 0 Å². The summed E-state index contributed by atoms with van der Waals surface area (Å²) in [5, 5.41) is 2.82. The van der Waals surface area contributed by atoms with E-state index in [1.165, 1.54) is 0 Å². The van der Waals surface area contributed by atoms with E-state index in [2.05, 4.69) is 5.32 Å². The van der Waals surface area contributed by atoms with E-state index in [1.54, 1.807) is 14.0 Å². The van der Waals surface area contributed by atoms with Gasteiger partial charge in [-0.1, -0.05) is 6.92 Å². The van der Waals surface area contributed by atoms with Crippen molar-refractivity contribution in [1.29, 1.82) is 0 Å². The van der Waals surface area contributed by atoms with Crippen LogP contribution in [-0.4, -0.2) is 32.5 Å². The van der Waals surface area contributed by atoms with Gasteiger partial charge in [0.25, 0.3) is 0 Å². The summed E-state index contributed by atoms with van der Waals surface area (Å²) in [5.41, 5.74) is 0. The highest BCUT2D eigenvalue weighted by atomic mass is 19.4. The zero-order valence-corrected chi connectivity index (χ0v) is 8.66. The predicted molar refractivity (Wildman–Crippen MR) is 49.2 cm³/mol. The summed E-state index contributed by atoms with van der Waals surface area (Å²) in [5.74, 6) is 0. The average molecular weight is 213 g/mol. The molecule has 0 rings (SSSR count). The molecule has 1 unspecified atom stereocenters. The lowest BCUT2D eigenvalue weighted by atomic mass is 10.1. The summed E-state index contributed by atoms with van der Waals surface area (Å²) in [6.07, 6.45) is -3.68. The first-order valence-corrected chi connectivity index (χ1v) is 4.78. The fraction of sp³-hybridized carbons (Fsp3) is 1.00. The Kier molecular flexibility index (Phi) is 6.92.